The van der Waals surface area contributed by atoms with Crippen LogP contribution in [0.5, 0.6) is 0 Å². The van der Waals surface area contributed by atoms with Crippen LogP contribution in [0.25, 0.3) is 33.2 Å². The van der Waals surface area contributed by atoms with E-state index in [2.05, 4.69) is 66.3 Å². The van der Waals surface area contributed by atoms with Crippen LogP contribution in [-0.2, 0) is 13.6 Å². The smallest absolute Gasteiger partial charge is 0.141 e. The molecule has 0 aliphatic carbocycles. The minimum atomic E-state index is 0.763. The Hall–Kier alpha value is -2.14. The molecule has 0 saturated carbocycles. The standard InChI is InChI=1S/C22H25ClN4/c1-26(2)12-6-11-24-14-18-17-13-15(23)9-10-20(17)27(3)22-21(18)16-7-4-5-8-19(16)25-22/h4-5,7-10,13,24H,6,11-12,14H2,1-3H3. The van der Waals surface area contributed by atoms with Gasteiger partial charge in [0.2, 0.25) is 0 Å². The summed E-state index contributed by atoms with van der Waals surface area (Å²) in [5.41, 5.74) is 4.69. The van der Waals surface area contributed by atoms with Crippen molar-refractivity contribution < 1.29 is 0 Å². The predicted molar refractivity (Wildman–Crippen MR) is 115 cm³/mol. The minimum absolute atomic E-state index is 0.763. The van der Waals surface area contributed by atoms with Crippen molar-refractivity contribution in [2.24, 2.45) is 7.05 Å². The van der Waals surface area contributed by atoms with Gasteiger partial charge in [0, 0.05) is 40.5 Å². The van der Waals surface area contributed by atoms with E-state index in [1.54, 1.807) is 0 Å². The highest BCUT2D eigenvalue weighted by molar-refractivity contribution is 6.31. The Morgan fingerprint density at radius 3 is 2.74 bits per heavy atom. The van der Waals surface area contributed by atoms with Crippen LogP contribution < -0.4 is 5.32 Å². The lowest BCUT2D eigenvalue weighted by molar-refractivity contribution is 0.394. The first-order valence-corrected chi connectivity index (χ1v) is 9.75. The van der Waals surface area contributed by atoms with Gasteiger partial charge in [0.1, 0.15) is 5.82 Å². The second kappa shape index (κ2) is 7.47. The van der Waals surface area contributed by atoms with E-state index in [-0.39, 0.29) is 0 Å². The molecule has 0 unspecified atom stereocenters. The second-order valence-electron chi connectivity index (χ2n) is 7.36. The van der Waals surface area contributed by atoms with Crippen LogP contribution in [0.2, 0.25) is 5.02 Å². The summed E-state index contributed by atoms with van der Waals surface area (Å²) in [5.74, 6) is 1.02. The first-order chi connectivity index (χ1) is 13.1. The summed E-state index contributed by atoms with van der Waals surface area (Å²) in [6.07, 6.45) is 1.12. The number of benzene rings is 2. The number of hydrogen-bond acceptors (Lipinski definition) is 3. The molecule has 2 aromatic carbocycles. The number of para-hydroxylation sites is 1. The molecule has 0 amide bonds. The summed E-state index contributed by atoms with van der Waals surface area (Å²) in [6.45, 7) is 2.87. The molecule has 0 saturated heterocycles. The van der Waals surface area contributed by atoms with Crippen LogP contribution in [0, 0.1) is 0 Å². The van der Waals surface area contributed by atoms with Crippen molar-refractivity contribution in [1.29, 1.82) is 0 Å². The van der Waals surface area contributed by atoms with Gasteiger partial charge in [0.15, 0.2) is 0 Å². The summed E-state index contributed by atoms with van der Waals surface area (Å²) in [7, 11) is 6.30. The molecule has 2 aromatic rings. The van der Waals surface area contributed by atoms with E-state index in [1.807, 2.05) is 12.1 Å². The van der Waals surface area contributed by atoms with Gasteiger partial charge in [-0.25, -0.2) is 4.98 Å². The monoisotopic (exact) mass is 380 g/mol. The second-order valence-corrected chi connectivity index (χ2v) is 7.80. The Morgan fingerprint density at radius 2 is 1.93 bits per heavy atom. The molecule has 4 nitrogen and oxygen atoms in total. The van der Waals surface area contributed by atoms with E-state index in [0.29, 0.717) is 0 Å². The van der Waals surface area contributed by atoms with Crippen LogP contribution >= 0.6 is 11.6 Å². The van der Waals surface area contributed by atoms with Crippen LogP contribution in [0.1, 0.15) is 12.0 Å². The fourth-order valence-corrected chi connectivity index (χ4v) is 3.99. The molecule has 2 heterocycles. The van der Waals surface area contributed by atoms with Crippen molar-refractivity contribution in [2.75, 3.05) is 27.2 Å². The highest BCUT2D eigenvalue weighted by atomic mass is 35.5. The van der Waals surface area contributed by atoms with Crippen molar-refractivity contribution in [1.82, 2.24) is 19.8 Å². The summed E-state index contributed by atoms with van der Waals surface area (Å²) >= 11 is 6.35. The quantitative estimate of drug-likeness (QED) is 0.499. The number of aromatic nitrogens is 2. The van der Waals surface area contributed by atoms with Gasteiger partial charge in [-0.1, -0.05) is 29.8 Å². The van der Waals surface area contributed by atoms with Crippen molar-refractivity contribution >= 4 is 33.4 Å². The fourth-order valence-electron chi connectivity index (χ4n) is 3.82. The van der Waals surface area contributed by atoms with Crippen LogP contribution in [0.15, 0.2) is 42.5 Å². The number of nitrogens with one attached hydrogen (secondary N) is 1. The molecular weight excluding hydrogens is 356 g/mol. The van der Waals surface area contributed by atoms with Gasteiger partial charge in [-0.3, -0.25) is 0 Å². The maximum Gasteiger partial charge on any atom is 0.141 e. The molecule has 1 N–H and O–H groups in total. The number of halogens is 1. The predicted octanol–water partition coefficient (Wildman–Crippen LogP) is 4.53. The van der Waals surface area contributed by atoms with Crippen LogP contribution in [0.3, 0.4) is 0 Å². The number of aryl methyl sites for hydroxylation is 1. The summed E-state index contributed by atoms with van der Waals surface area (Å²) < 4.78 is 2.18. The highest BCUT2D eigenvalue weighted by Gasteiger charge is 2.21. The maximum absolute atomic E-state index is 6.35. The first kappa shape index (κ1) is 18.2. The number of pyridine rings is 1. The Kier molecular flexibility index (Phi) is 5.04. The van der Waals surface area contributed by atoms with Crippen molar-refractivity contribution in [3.05, 3.63) is 53.1 Å². The Morgan fingerprint density at radius 1 is 1.11 bits per heavy atom. The van der Waals surface area contributed by atoms with Gasteiger partial charge < -0.3 is 14.8 Å². The maximum atomic E-state index is 6.35. The average Bonchev–Trinajstić information content (AvgIpc) is 3.03. The number of hydrogen-bond donors (Lipinski definition) is 1. The van der Waals surface area contributed by atoms with E-state index in [9.17, 15) is 0 Å². The summed E-state index contributed by atoms with van der Waals surface area (Å²) in [5, 5.41) is 6.79. The third kappa shape index (κ3) is 3.41. The van der Waals surface area contributed by atoms with Gasteiger partial charge in [-0.15, -0.1) is 0 Å². The van der Waals surface area contributed by atoms with Crippen molar-refractivity contribution in [3.63, 3.8) is 0 Å². The van der Waals surface area contributed by atoms with Crippen LogP contribution in [0.4, 0.5) is 0 Å². The van der Waals surface area contributed by atoms with E-state index >= 15 is 0 Å². The fraction of sp³-hybridized carbons (Fsp3) is 0.318. The molecule has 0 aromatic heterocycles. The van der Waals surface area contributed by atoms with Gasteiger partial charge in [-0.05, 0) is 63.4 Å². The molecule has 0 atom stereocenters. The Balaban J connectivity index is 1.84. The molecule has 0 spiro atoms. The van der Waals surface area contributed by atoms with E-state index < -0.39 is 0 Å². The zero-order valence-electron chi connectivity index (χ0n) is 16.1. The van der Waals surface area contributed by atoms with Gasteiger partial charge >= 0.3 is 0 Å². The molecule has 4 rings (SSSR count). The lowest BCUT2D eigenvalue weighted by Gasteiger charge is -2.18. The molecule has 0 fully saturated rings. The third-order valence-electron chi connectivity index (χ3n) is 5.15. The topological polar surface area (TPSA) is 33.1 Å². The summed E-state index contributed by atoms with van der Waals surface area (Å²) in [4.78, 5) is 7.13. The summed E-state index contributed by atoms with van der Waals surface area (Å²) in [6, 6.07) is 14.5. The first-order valence-electron chi connectivity index (χ1n) is 9.37. The van der Waals surface area contributed by atoms with Crippen molar-refractivity contribution in [2.45, 2.75) is 13.0 Å². The highest BCUT2D eigenvalue weighted by Crippen LogP contribution is 2.39. The minimum Gasteiger partial charge on any atom is -0.328 e. The van der Waals surface area contributed by atoms with Crippen molar-refractivity contribution in [3.8, 4) is 11.4 Å². The van der Waals surface area contributed by atoms with E-state index in [0.717, 1.165) is 47.9 Å². The number of rotatable bonds is 6. The van der Waals surface area contributed by atoms with Gasteiger partial charge in [-0.2, -0.15) is 0 Å². The van der Waals surface area contributed by atoms with Gasteiger partial charge in [0.25, 0.3) is 0 Å². The largest absolute Gasteiger partial charge is 0.328 e. The molecule has 0 radical (unpaired) electrons. The molecular formula is C22H25ClN4. The molecule has 5 heteroatoms. The molecule has 2 aliphatic rings. The zero-order valence-corrected chi connectivity index (χ0v) is 16.8. The average molecular weight is 381 g/mol. The molecule has 0 bridgehead atoms. The number of fused-ring (bicyclic) bond motifs is 4. The Bertz CT molecular complexity index is 1070. The lowest BCUT2D eigenvalue weighted by atomic mass is 9.98. The zero-order chi connectivity index (χ0) is 19.0. The van der Waals surface area contributed by atoms with Gasteiger partial charge in [0.05, 0.1) is 5.52 Å². The number of nitrogens with zero attached hydrogens (tertiary/aromatic N) is 3. The Labute approximate surface area is 165 Å². The van der Waals surface area contributed by atoms with E-state index in [1.165, 1.54) is 21.9 Å². The molecule has 2 aliphatic heterocycles. The normalized spacial score (nSPS) is 12.0. The molecule has 27 heavy (non-hydrogen) atoms. The third-order valence-corrected chi connectivity index (χ3v) is 5.38. The lowest BCUT2D eigenvalue weighted by Crippen LogP contribution is -2.21. The van der Waals surface area contributed by atoms with Crippen LogP contribution in [-0.4, -0.2) is 41.6 Å². The molecule has 140 valence electrons. The SMILES string of the molecule is CN(C)CCCNCc1c2c3ccccc3nc-2n(C)c2ccc(Cl)cc12. The van der Waals surface area contributed by atoms with E-state index in [4.69, 9.17) is 16.6 Å².